The first-order chi connectivity index (χ1) is 14.6. The van der Waals surface area contributed by atoms with Crippen LogP contribution >= 0.6 is 11.3 Å². The van der Waals surface area contributed by atoms with Crippen LogP contribution in [0.4, 0.5) is 11.4 Å². The van der Waals surface area contributed by atoms with Gasteiger partial charge in [0.05, 0.1) is 28.3 Å². The zero-order chi connectivity index (χ0) is 22.8. The molecule has 3 aromatic rings. The van der Waals surface area contributed by atoms with Crippen molar-refractivity contribution in [2.24, 2.45) is 0 Å². The second-order valence-electron chi connectivity index (χ2n) is 7.28. The lowest BCUT2D eigenvalue weighted by molar-refractivity contribution is -0.114. The molecule has 0 aliphatic heterocycles. The molecule has 0 bridgehead atoms. The fraction of sp³-hybridized carbons (Fsp3) is 0.333. The van der Waals surface area contributed by atoms with Gasteiger partial charge in [-0.15, -0.1) is 0 Å². The van der Waals surface area contributed by atoms with Crippen LogP contribution in [-0.2, 0) is 21.4 Å². The average Bonchev–Trinajstić information content (AvgIpc) is 2.99. The van der Waals surface area contributed by atoms with Gasteiger partial charge < -0.3 is 10.1 Å². The molecule has 1 heterocycles. The first kappa shape index (κ1) is 22.8. The van der Waals surface area contributed by atoms with Crippen LogP contribution in [-0.4, -0.2) is 37.8 Å². The molecule has 1 N–H and O–H groups in total. The summed E-state index contributed by atoms with van der Waals surface area (Å²) in [6.45, 7) is 5.80. The number of nitrogens with zero attached hydrogens (tertiary/aromatic N) is 2. The SMILES string of the molecule is CCn1c(=O)sc2cc(NC(=O)CN(c3cccc(OC(C)C)c3)S(C)(=O)=O)ccc21. The van der Waals surface area contributed by atoms with E-state index in [2.05, 4.69) is 5.32 Å². The number of benzene rings is 2. The predicted molar refractivity (Wildman–Crippen MR) is 125 cm³/mol. The molecule has 0 unspecified atom stereocenters. The molecule has 0 fully saturated rings. The van der Waals surface area contributed by atoms with E-state index in [-0.39, 0.29) is 11.0 Å². The van der Waals surface area contributed by atoms with Crippen molar-refractivity contribution in [2.45, 2.75) is 33.4 Å². The fourth-order valence-electron chi connectivity index (χ4n) is 3.16. The number of carbonyl (C=O) groups excluding carboxylic acids is 1. The number of aromatic nitrogens is 1. The summed E-state index contributed by atoms with van der Waals surface area (Å²) in [6, 6.07) is 11.8. The molecule has 0 aliphatic carbocycles. The lowest BCUT2D eigenvalue weighted by Crippen LogP contribution is -2.37. The monoisotopic (exact) mass is 463 g/mol. The van der Waals surface area contributed by atoms with Crippen LogP contribution in [0.25, 0.3) is 10.2 Å². The predicted octanol–water partition coefficient (Wildman–Crippen LogP) is 3.27. The van der Waals surface area contributed by atoms with Crippen LogP contribution in [0.5, 0.6) is 5.75 Å². The third-order valence-corrected chi connectivity index (χ3v) is 6.52. The van der Waals surface area contributed by atoms with Crippen molar-refractivity contribution >= 4 is 48.9 Å². The standard InChI is InChI=1S/C21H25N3O5S2/c1-5-23-18-10-9-15(11-19(18)30-21(23)26)22-20(25)13-24(31(4,27)28)16-7-6-8-17(12-16)29-14(2)3/h6-12,14H,5,13H2,1-4H3,(H,22,25). The van der Waals surface area contributed by atoms with E-state index >= 15 is 0 Å². The van der Waals surface area contributed by atoms with E-state index in [0.29, 0.717) is 23.7 Å². The number of hydrogen-bond acceptors (Lipinski definition) is 6. The van der Waals surface area contributed by atoms with Crippen molar-refractivity contribution in [1.82, 2.24) is 4.57 Å². The highest BCUT2D eigenvalue weighted by Crippen LogP contribution is 2.25. The van der Waals surface area contributed by atoms with Crippen LogP contribution in [0.1, 0.15) is 20.8 Å². The number of ether oxygens (including phenoxy) is 1. The Kier molecular flexibility index (Phi) is 6.71. The maximum absolute atomic E-state index is 12.7. The number of anilines is 2. The molecule has 3 rings (SSSR count). The number of nitrogens with one attached hydrogen (secondary N) is 1. The molecule has 0 saturated heterocycles. The zero-order valence-corrected chi connectivity index (χ0v) is 19.4. The molecule has 2 aromatic carbocycles. The smallest absolute Gasteiger partial charge is 0.308 e. The Balaban J connectivity index is 1.82. The molecule has 1 amide bonds. The fourth-order valence-corrected chi connectivity index (χ4v) is 5.00. The van der Waals surface area contributed by atoms with Crippen LogP contribution in [0.3, 0.4) is 0 Å². The molecule has 10 heteroatoms. The second-order valence-corrected chi connectivity index (χ2v) is 10.2. The molecular weight excluding hydrogens is 438 g/mol. The summed E-state index contributed by atoms with van der Waals surface area (Å²) in [6.07, 6.45) is 0.978. The van der Waals surface area contributed by atoms with Crippen molar-refractivity contribution in [3.8, 4) is 5.75 Å². The Morgan fingerprint density at radius 3 is 2.61 bits per heavy atom. The molecule has 0 atom stereocenters. The van der Waals surface area contributed by atoms with E-state index in [4.69, 9.17) is 4.74 Å². The molecule has 8 nitrogen and oxygen atoms in total. The summed E-state index contributed by atoms with van der Waals surface area (Å²) in [7, 11) is -3.72. The minimum absolute atomic E-state index is 0.0623. The number of fused-ring (bicyclic) bond motifs is 1. The van der Waals surface area contributed by atoms with Gasteiger partial charge in [-0.05, 0) is 51.1 Å². The minimum atomic E-state index is -3.72. The first-order valence-electron chi connectivity index (χ1n) is 9.76. The zero-order valence-electron chi connectivity index (χ0n) is 17.8. The number of hydrogen-bond donors (Lipinski definition) is 1. The lowest BCUT2D eigenvalue weighted by atomic mass is 10.2. The summed E-state index contributed by atoms with van der Waals surface area (Å²) in [5.41, 5.74) is 1.63. The topological polar surface area (TPSA) is 97.7 Å². The van der Waals surface area contributed by atoms with Gasteiger partial charge in [-0.3, -0.25) is 18.5 Å². The van der Waals surface area contributed by atoms with E-state index in [1.54, 1.807) is 47.0 Å². The van der Waals surface area contributed by atoms with Crippen LogP contribution in [0.15, 0.2) is 47.3 Å². The Morgan fingerprint density at radius 1 is 1.23 bits per heavy atom. The van der Waals surface area contributed by atoms with Crippen molar-refractivity contribution in [1.29, 1.82) is 0 Å². The van der Waals surface area contributed by atoms with E-state index < -0.39 is 22.5 Å². The Labute approximate surface area is 185 Å². The Bertz CT molecular complexity index is 1260. The number of rotatable bonds is 8. The molecule has 0 radical (unpaired) electrons. The number of aryl methyl sites for hydroxylation is 1. The van der Waals surface area contributed by atoms with Crippen molar-refractivity contribution < 1.29 is 17.9 Å². The summed E-state index contributed by atoms with van der Waals surface area (Å²) in [4.78, 5) is 24.6. The molecule has 1 aromatic heterocycles. The number of sulfonamides is 1. The first-order valence-corrected chi connectivity index (χ1v) is 12.4. The third kappa shape index (κ3) is 5.45. The van der Waals surface area contributed by atoms with Gasteiger partial charge in [-0.1, -0.05) is 17.4 Å². The maximum atomic E-state index is 12.7. The van der Waals surface area contributed by atoms with Crippen LogP contribution < -0.4 is 19.2 Å². The molecule has 0 saturated carbocycles. The van der Waals surface area contributed by atoms with Gasteiger partial charge in [-0.2, -0.15) is 0 Å². The lowest BCUT2D eigenvalue weighted by Gasteiger charge is -2.22. The van der Waals surface area contributed by atoms with Gasteiger partial charge in [0, 0.05) is 18.3 Å². The highest BCUT2D eigenvalue weighted by atomic mass is 32.2. The molecule has 31 heavy (non-hydrogen) atoms. The highest BCUT2D eigenvalue weighted by molar-refractivity contribution is 7.92. The van der Waals surface area contributed by atoms with E-state index in [1.165, 1.54) is 0 Å². The average molecular weight is 464 g/mol. The largest absolute Gasteiger partial charge is 0.491 e. The quantitative estimate of drug-likeness (QED) is 0.553. The Hall–Kier alpha value is -2.85. The summed E-state index contributed by atoms with van der Waals surface area (Å²) in [5.74, 6) is 0.0181. The van der Waals surface area contributed by atoms with Crippen molar-refractivity contribution in [3.05, 3.63) is 52.1 Å². The third-order valence-electron chi connectivity index (χ3n) is 4.43. The van der Waals surface area contributed by atoms with Crippen LogP contribution in [0, 0.1) is 0 Å². The number of amides is 1. The highest BCUT2D eigenvalue weighted by Gasteiger charge is 2.22. The molecule has 166 valence electrons. The van der Waals surface area contributed by atoms with Crippen molar-refractivity contribution in [3.63, 3.8) is 0 Å². The van der Waals surface area contributed by atoms with Gasteiger partial charge >= 0.3 is 4.87 Å². The van der Waals surface area contributed by atoms with E-state index in [1.807, 2.05) is 20.8 Å². The number of thiazole rings is 1. The van der Waals surface area contributed by atoms with Crippen LogP contribution in [0.2, 0.25) is 0 Å². The normalized spacial score (nSPS) is 11.6. The van der Waals surface area contributed by atoms with Gasteiger partial charge in [0.25, 0.3) is 0 Å². The van der Waals surface area contributed by atoms with Crippen molar-refractivity contribution in [2.75, 3.05) is 22.4 Å². The maximum Gasteiger partial charge on any atom is 0.308 e. The molecular formula is C21H25N3O5S2. The molecule has 0 spiro atoms. The molecule has 0 aliphatic rings. The summed E-state index contributed by atoms with van der Waals surface area (Å²) < 4.78 is 33.8. The Morgan fingerprint density at radius 2 is 1.97 bits per heavy atom. The summed E-state index contributed by atoms with van der Waals surface area (Å²) in [5, 5.41) is 2.72. The minimum Gasteiger partial charge on any atom is -0.491 e. The van der Waals surface area contributed by atoms with E-state index in [0.717, 1.165) is 32.1 Å². The summed E-state index contributed by atoms with van der Waals surface area (Å²) >= 11 is 1.10. The second kappa shape index (κ2) is 9.11. The number of carbonyl (C=O) groups is 1. The van der Waals surface area contributed by atoms with E-state index in [9.17, 15) is 18.0 Å². The van der Waals surface area contributed by atoms with Gasteiger partial charge in [0.15, 0.2) is 0 Å². The van der Waals surface area contributed by atoms with Gasteiger partial charge in [0.1, 0.15) is 12.3 Å². The van der Waals surface area contributed by atoms with Gasteiger partial charge in [-0.25, -0.2) is 8.42 Å². The van der Waals surface area contributed by atoms with Gasteiger partial charge in [0.2, 0.25) is 15.9 Å².